The van der Waals surface area contributed by atoms with Crippen molar-refractivity contribution in [1.29, 1.82) is 0 Å². The molecule has 2 nitrogen and oxygen atoms in total. The van der Waals surface area contributed by atoms with Crippen molar-refractivity contribution in [2.75, 3.05) is 13.2 Å². The Hall–Kier alpha value is -0.990. The molecule has 15 heavy (non-hydrogen) atoms. The summed E-state index contributed by atoms with van der Waals surface area (Å²) in [7, 11) is 0. The minimum absolute atomic E-state index is 0.285. The average Bonchev–Trinajstić information content (AvgIpc) is 2.69. The molecule has 1 atom stereocenters. The lowest BCUT2D eigenvalue weighted by atomic mass is 10.1. The number of fused-ring (bicyclic) bond motifs is 1. The number of hydrogen-bond donors (Lipinski definition) is 1. The van der Waals surface area contributed by atoms with Gasteiger partial charge in [-0.2, -0.15) is 0 Å². The van der Waals surface area contributed by atoms with Crippen LogP contribution in [-0.2, 0) is 0 Å². The van der Waals surface area contributed by atoms with Crippen LogP contribution in [0.5, 0.6) is 5.75 Å². The van der Waals surface area contributed by atoms with E-state index in [1.165, 1.54) is 5.56 Å². The van der Waals surface area contributed by atoms with Crippen LogP contribution in [0, 0.1) is 0 Å². The molecule has 80 valence electrons. The van der Waals surface area contributed by atoms with E-state index in [9.17, 15) is 0 Å². The fourth-order valence-electron chi connectivity index (χ4n) is 1.65. The van der Waals surface area contributed by atoms with Crippen LogP contribution < -0.4 is 10.1 Å². The molecule has 0 saturated carbocycles. The SMILES string of the molecule is C/C(=C/Cl)CNC1COc2ccccc21. The van der Waals surface area contributed by atoms with E-state index in [2.05, 4.69) is 11.4 Å². The maximum Gasteiger partial charge on any atom is 0.124 e. The summed E-state index contributed by atoms with van der Waals surface area (Å²) in [5.41, 5.74) is 3.97. The van der Waals surface area contributed by atoms with Crippen molar-refractivity contribution in [3.8, 4) is 5.75 Å². The van der Waals surface area contributed by atoms with Crippen LogP contribution in [0.1, 0.15) is 18.5 Å². The second kappa shape index (κ2) is 4.69. The lowest BCUT2D eigenvalue weighted by molar-refractivity contribution is 0.314. The van der Waals surface area contributed by atoms with Crippen LogP contribution in [0.15, 0.2) is 35.4 Å². The largest absolute Gasteiger partial charge is 0.491 e. The smallest absolute Gasteiger partial charge is 0.124 e. The van der Waals surface area contributed by atoms with Crippen LogP contribution in [0.25, 0.3) is 0 Å². The number of hydrogen-bond acceptors (Lipinski definition) is 2. The third-order valence-corrected chi connectivity index (χ3v) is 2.89. The maximum atomic E-state index is 5.60. The minimum atomic E-state index is 0.285. The van der Waals surface area contributed by atoms with Crippen LogP contribution in [-0.4, -0.2) is 13.2 Å². The Bertz CT molecular complexity index is 376. The predicted molar refractivity (Wildman–Crippen MR) is 62.3 cm³/mol. The normalized spacial score (nSPS) is 19.9. The molecule has 0 spiro atoms. The molecule has 0 bridgehead atoms. The van der Waals surface area contributed by atoms with Gasteiger partial charge in [0, 0.05) is 17.6 Å². The zero-order valence-corrected chi connectivity index (χ0v) is 9.42. The highest BCUT2D eigenvalue weighted by Crippen LogP contribution is 2.31. The summed E-state index contributed by atoms with van der Waals surface area (Å²) in [6.07, 6.45) is 0. The van der Waals surface area contributed by atoms with E-state index in [0.29, 0.717) is 6.61 Å². The summed E-state index contributed by atoms with van der Waals surface area (Å²) in [6, 6.07) is 8.41. The summed E-state index contributed by atoms with van der Waals surface area (Å²) in [5, 5.41) is 3.41. The van der Waals surface area contributed by atoms with Crippen molar-refractivity contribution in [3.05, 3.63) is 40.9 Å². The van der Waals surface area contributed by atoms with Crippen LogP contribution in [0.4, 0.5) is 0 Å². The van der Waals surface area contributed by atoms with E-state index in [4.69, 9.17) is 16.3 Å². The number of nitrogens with one attached hydrogen (secondary N) is 1. The fourth-order valence-corrected chi connectivity index (χ4v) is 1.73. The van der Waals surface area contributed by atoms with Gasteiger partial charge in [0.1, 0.15) is 12.4 Å². The van der Waals surface area contributed by atoms with Crippen molar-refractivity contribution in [1.82, 2.24) is 5.32 Å². The molecule has 0 fully saturated rings. The van der Waals surface area contributed by atoms with Gasteiger partial charge < -0.3 is 10.1 Å². The molecule has 1 unspecified atom stereocenters. The lowest BCUT2D eigenvalue weighted by Crippen LogP contribution is -2.24. The Morgan fingerprint density at radius 1 is 1.60 bits per heavy atom. The van der Waals surface area contributed by atoms with Crippen LogP contribution in [0.2, 0.25) is 0 Å². The van der Waals surface area contributed by atoms with Crippen molar-refractivity contribution in [2.24, 2.45) is 0 Å². The van der Waals surface area contributed by atoms with Crippen molar-refractivity contribution in [2.45, 2.75) is 13.0 Å². The van der Waals surface area contributed by atoms with E-state index >= 15 is 0 Å². The Morgan fingerprint density at radius 2 is 2.40 bits per heavy atom. The van der Waals surface area contributed by atoms with Gasteiger partial charge in [0.05, 0.1) is 6.04 Å². The highest BCUT2D eigenvalue weighted by Gasteiger charge is 2.22. The van der Waals surface area contributed by atoms with Gasteiger partial charge in [-0.3, -0.25) is 0 Å². The zero-order valence-electron chi connectivity index (χ0n) is 8.66. The molecule has 1 heterocycles. The first-order valence-electron chi connectivity index (χ1n) is 5.02. The van der Waals surface area contributed by atoms with Gasteiger partial charge in [-0.15, -0.1) is 0 Å². The lowest BCUT2D eigenvalue weighted by Gasteiger charge is -2.11. The number of halogens is 1. The molecule has 0 saturated heterocycles. The molecule has 2 rings (SSSR count). The topological polar surface area (TPSA) is 21.3 Å². The Morgan fingerprint density at radius 3 is 3.20 bits per heavy atom. The number of ether oxygens (including phenoxy) is 1. The van der Waals surface area contributed by atoms with Gasteiger partial charge in [-0.05, 0) is 18.6 Å². The van der Waals surface area contributed by atoms with E-state index in [1.807, 2.05) is 25.1 Å². The molecule has 1 aliphatic rings. The average molecular weight is 224 g/mol. The van der Waals surface area contributed by atoms with Crippen molar-refractivity contribution in [3.63, 3.8) is 0 Å². The van der Waals surface area contributed by atoms with E-state index in [-0.39, 0.29) is 6.04 Å². The van der Waals surface area contributed by atoms with Gasteiger partial charge in [-0.25, -0.2) is 0 Å². The summed E-state index contributed by atoms with van der Waals surface area (Å²) in [6.45, 7) is 3.50. The summed E-state index contributed by atoms with van der Waals surface area (Å²) in [4.78, 5) is 0. The quantitative estimate of drug-likeness (QED) is 0.851. The maximum absolute atomic E-state index is 5.60. The summed E-state index contributed by atoms with van der Waals surface area (Å²) < 4.78 is 5.56. The highest BCUT2D eigenvalue weighted by molar-refractivity contribution is 6.25. The minimum Gasteiger partial charge on any atom is -0.491 e. The van der Waals surface area contributed by atoms with Crippen LogP contribution in [0.3, 0.4) is 0 Å². The second-order valence-corrected chi connectivity index (χ2v) is 3.96. The second-order valence-electron chi connectivity index (χ2n) is 3.74. The molecular weight excluding hydrogens is 210 g/mol. The zero-order chi connectivity index (χ0) is 10.7. The van der Waals surface area contributed by atoms with Gasteiger partial charge in [0.2, 0.25) is 0 Å². The molecule has 0 amide bonds. The third kappa shape index (κ3) is 2.33. The fraction of sp³-hybridized carbons (Fsp3) is 0.333. The number of benzene rings is 1. The van der Waals surface area contributed by atoms with E-state index in [0.717, 1.165) is 17.9 Å². The van der Waals surface area contributed by atoms with Gasteiger partial charge in [0.25, 0.3) is 0 Å². The number of rotatable bonds is 3. The molecule has 0 aromatic heterocycles. The Kier molecular flexibility index (Phi) is 3.29. The standard InChI is InChI=1S/C12H14ClNO/c1-9(6-13)7-14-11-8-15-12-5-3-2-4-10(11)12/h2-6,11,14H,7-8H2,1H3/b9-6-. The highest BCUT2D eigenvalue weighted by atomic mass is 35.5. The molecule has 0 radical (unpaired) electrons. The molecular formula is C12H14ClNO. The molecule has 3 heteroatoms. The first-order chi connectivity index (χ1) is 7.31. The van der Waals surface area contributed by atoms with Gasteiger partial charge in [-0.1, -0.05) is 29.8 Å². The summed E-state index contributed by atoms with van der Waals surface area (Å²) in [5.74, 6) is 0.988. The molecule has 1 aliphatic heterocycles. The van der Waals surface area contributed by atoms with Crippen molar-refractivity contribution < 1.29 is 4.74 Å². The monoisotopic (exact) mass is 223 g/mol. The van der Waals surface area contributed by atoms with E-state index in [1.54, 1.807) is 5.54 Å². The van der Waals surface area contributed by atoms with Gasteiger partial charge in [0.15, 0.2) is 0 Å². The molecule has 0 aliphatic carbocycles. The third-order valence-electron chi connectivity index (χ3n) is 2.51. The number of para-hydroxylation sites is 1. The summed E-state index contributed by atoms with van der Waals surface area (Å²) >= 11 is 5.60. The molecule has 1 N–H and O–H groups in total. The van der Waals surface area contributed by atoms with Gasteiger partial charge >= 0.3 is 0 Å². The Balaban J connectivity index is 2.02. The first kappa shape index (κ1) is 10.5. The molecule has 1 aromatic carbocycles. The van der Waals surface area contributed by atoms with Crippen molar-refractivity contribution >= 4 is 11.6 Å². The Labute approximate surface area is 94.9 Å². The van der Waals surface area contributed by atoms with E-state index < -0.39 is 0 Å². The van der Waals surface area contributed by atoms with Crippen LogP contribution >= 0.6 is 11.6 Å². The predicted octanol–water partition coefficient (Wildman–Crippen LogP) is 2.85. The first-order valence-corrected chi connectivity index (χ1v) is 5.46. The molecule has 1 aromatic rings.